The number of carbonyl (C=O) groups is 2. The summed E-state index contributed by atoms with van der Waals surface area (Å²) in [6.45, 7) is 6.27. The highest BCUT2D eigenvalue weighted by molar-refractivity contribution is 8.05. The number of benzene rings is 1. The Balaban J connectivity index is 1.41. The van der Waals surface area contributed by atoms with E-state index >= 15 is 0 Å². The molecule has 0 saturated heterocycles. The minimum Gasteiger partial charge on any atom is -0.448 e. The molecule has 3 N–H and O–H groups in total. The number of hydrogen-bond acceptors (Lipinski definition) is 7. The molecule has 1 aliphatic rings. The van der Waals surface area contributed by atoms with Crippen molar-refractivity contribution in [2.45, 2.75) is 51.0 Å². The van der Waals surface area contributed by atoms with Crippen molar-refractivity contribution in [2.24, 2.45) is 0 Å². The quantitative estimate of drug-likeness (QED) is 0.146. The summed E-state index contributed by atoms with van der Waals surface area (Å²) < 4.78 is 33.9. The van der Waals surface area contributed by atoms with Gasteiger partial charge in [0.1, 0.15) is 12.1 Å². The van der Waals surface area contributed by atoms with Gasteiger partial charge in [-0.25, -0.2) is 9.97 Å². The lowest BCUT2D eigenvalue weighted by atomic mass is 9.91. The van der Waals surface area contributed by atoms with Crippen LogP contribution >= 0.6 is 11.8 Å². The molecule has 0 fully saturated rings. The van der Waals surface area contributed by atoms with Crippen LogP contribution in [0.3, 0.4) is 0 Å². The number of alkyl halides is 2. The Kier molecular flexibility index (Phi) is 10.8. The lowest BCUT2D eigenvalue weighted by Gasteiger charge is -2.20. The Hall–Kier alpha value is -4.09. The zero-order valence-corrected chi connectivity index (χ0v) is 24.1. The van der Waals surface area contributed by atoms with E-state index < -0.39 is 11.8 Å². The van der Waals surface area contributed by atoms with Crippen molar-refractivity contribution < 1.29 is 22.8 Å². The lowest BCUT2D eigenvalue weighted by molar-refractivity contribution is -0.117. The van der Waals surface area contributed by atoms with E-state index in [2.05, 4.69) is 32.5 Å². The van der Waals surface area contributed by atoms with Crippen LogP contribution in [-0.4, -0.2) is 28.3 Å². The second-order valence-corrected chi connectivity index (χ2v) is 10.6. The van der Waals surface area contributed by atoms with Crippen LogP contribution in [0.25, 0.3) is 0 Å². The smallest absolute Gasteiger partial charge is 0.291 e. The number of nitrogens with one attached hydrogen (secondary N) is 3. The molecule has 0 bridgehead atoms. The minimum atomic E-state index is -3.22. The fourth-order valence-corrected chi connectivity index (χ4v) is 5.12. The molecule has 3 heterocycles. The Morgan fingerprint density at radius 2 is 2.02 bits per heavy atom. The summed E-state index contributed by atoms with van der Waals surface area (Å²) in [6.07, 6.45) is 7.54. The van der Waals surface area contributed by atoms with Gasteiger partial charge in [0, 0.05) is 11.1 Å². The van der Waals surface area contributed by atoms with E-state index in [1.54, 1.807) is 24.4 Å². The Morgan fingerprint density at radius 1 is 1.17 bits per heavy atom. The van der Waals surface area contributed by atoms with Gasteiger partial charge in [-0.15, -0.1) is 11.8 Å². The highest BCUT2D eigenvalue weighted by Crippen LogP contribution is 2.32. The number of anilines is 2. The monoisotopic (exact) mass is 593 g/mol. The van der Waals surface area contributed by atoms with E-state index in [0.29, 0.717) is 67.0 Å². The number of hydrogen-bond donors (Lipinski definition) is 3. The summed E-state index contributed by atoms with van der Waals surface area (Å²) in [4.78, 5) is 34.5. The number of rotatable bonds is 13. The molecular weight excluding hydrogens is 560 g/mol. The van der Waals surface area contributed by atoms with Crippen LogP contribution in [0.15, 0.2) is 94.1 Å². The molecule has 11 heteroatoms. The van der Waals surface area contributed by atoms with Crippen molar-refractivity contribution >= 4 is 35.1 Å². The zero-order valence-electron chi connectivity index (χ0n) is 23.2. The fraction of sp³-hybridized carbons (Fsp3) is 0.290. The topological polar surface area (TPSA) is 109 Å². The number of halogens is 2. The van der Waals surface area contributed by atoms with Gasteiger partial charge in [0.15, 0.2) is 0 Å². The molecule has 0 radical (unpaired) electrons. The van der Waals surface area contributed by atoms with Crippen LogP contribution in [0, 0.1) is 0 Å². The van der Waals surface area contributed by atoms with E-state index in [0.717, 1.165) is 6.42 Å². The van der Waals surface area contributed by atoms with E-state index in [4.69, 9.17) is 4.42 Å². The molecule has 8 nitrogen and oxygen atoms in total. The Morgan fingerprint density at radius 3 is 2.76 bits per heavy atom. The van der Waals surface area contributed by atoms with Crippen molar-refractivity contribution in [1.29, 1.82) is 0 Å². The molecule has 220 valence electrons. The van der Waals surface area contributed by atoms with Gasteiger partial charge in [-0.2, -0.15) is 8.78 Å². The predicted molar refractivity (Wildman–Crippen MR) is 161 cm³/mol. The predicted octanol–water partition coefficient (Wildman–Crippen LogP) is 6.89. The van der Waals surface area contributed by atoms with Crippen LogP contribution in [0.4, 0.5) is 20.3 Å². The molecule has 2 aromatic heterocycles. The minimum absolute atomic E-state index is 0.220. The summed E-state index contributed by atoms with van der Waals surface area (Å²) in [5.41, 5.74) is 2.55. The van der Waals surface area contributed by atoms with Crippen LogP contribution in [0.2, 0.25) is 0 Å². The summed E-state index contributed by atoms with van der Waals surface area (Å²) in [5, 5.41) is 12.7. The molecule has 2 amide bonds. The summed E-state index contributed by atoms with van der Waals surface area (Å²) in [7, 11) is 0. The zero-order chi connectivity index (χ0) is 30.0. The maximum Gasteiger partial charge on any atom is 0.291 e. The van der Waals surface area contributed by atoms with Gasteiger partial charge in [-0.1, -0.05) is 30.4 Å². The normalized spacial score (nSPS) is 14.3. The van der Waals surface area contributed by atoms with Gasteiger partial charge in [0.2, 0.25) is 11.8 Å². The highest BCUT2D eigenvalue weighted by atomic mass is 32.2. The maximum absolute atomic E-state index is 14.4. The SMILES string of the molecule is C=CC(F)(F)c1cccc(C(CCCNCc2ncco2)C(=O)Nc2ccc(NC(=O)C3=CSC=C(C)CC3)nc2)c1. The number of oxazole rings is 1. The summed E-state index contributed by atoms with van der Waals surface area (Å²) in [6, 6.07) is 9.09. The molecular formula is C31H33F2N5O3S. The largest absolute Gasteiger partial charge is 0.448 e. The fourth-order valence-electron chi connectivity index (χ4n) is 4.31. The second kappa shape index (κ2) is 14.7. The lowest BCUT2D eigenvalue weighted by Crippen LogP contribution is -2.24. The molecule has 1 aromatic carbocycles. The van der Waals surface area contributed by atoms with Gasteiger partial charge < -0.3 is 20.4 Å². The number of amides is 2. The van der Waals surface area contributed by atoms with Crippen molar-refractivity contribution in [1.82, 2.24) is 15.3 Å². The van der Waals surface area contributed by atoms with Gasteiger partial charge in [-0.05, 0) is 79.8 Å². The number of carbonyl (C=O) groups excluding carboxylic acids is 2. The summed E-state index contributed by atoms with van der Waals surface area (Å²) >= 11 is 1.48. The number of allylic oxidation sites excluding steroid dienone is 2. The van der Waals surface area contributed by atoms with E-state index in [9.17, 15) is 18.4 Å². The molecule has 4 rings (SSSR count). The average molecular weight is 594 g/mol. The third kappa shape index (κ3) is 8.70. The van der Waals surface area contributed by atoms with Crippen LogP contribution in [0.1, 0.15) is 55.5 Å². The molecule has 3 aromatic rings. The molecule has 1 atom stereocenters. The van der Waals surface area contributed by atoms with Gasteiger partial charge in [0.25, 0.3) is 11.8 Å². The molecule has 1 unspecified atom stereocenters. The number of nitrogens with zero attached hydrogens (tertiary/aromatic N) is 2. The van der Waals surface area contributed by atoms with Crippen molar-refractivity contribution in [3.63, 3.8) is 0 Å². The van der Waals surface area contributed by atoms with Gasteiger partial charge in [-0.3, -0.25) is 9.59 Å². The first-order chi connectivity index (χ1) is 20.2. The van der Waals surface area contributed by atoms with E-state index in [1.807, 2.05) is 17.7 Å². The van der Waals surface area contributed by atoms with E-state index in [-0.39, 0.29) is 17.4 Å². The Bertz CT molecular complexity index is 1440. The molecule has 0 spiro atoms. The third-order valence-electron chi connectivity index (χ3n) is 6.69. The van der Waals surface area contributed by atoms with Crippen molar-refractivity contribution in [3.8, 4) is 0 Å². The first-order valence-corrected chi connectivity index (χ1v) is 14.5. The van der Waals surface area contributed by atoms with Gasteiger partial charge >= 0.3 is 0 Å². The van der Waals surface area contributed by atoms with Crippen LogP contribution in [-0.2, 0) is 22.1 Å². The molecule has 1 aliphatic heterocycles. The number of thioether (sulfide) groups is 1. The Labute approximate surface area is 247 Å². The highest BCUT2D eigenvalue weighted by Gasteiger charge is 2.29. The molecule has 42 heavy (non-hydrogen) atoms. The maximum atomic E-state index is 14.4. The molecule has 0 aliphatic carbocycles. The summed E-state index contributed by atoms with van der Waals surface area (Å²) in [5.74, 6) is -3.60. The third-order valence-corrected chi connectivity index (χ3v) is 7.64. The average Bonchev–Trinajstić information content (AvgIpc) is 3.41. The van der Waals surface area contributed by atoms with Crippen LogP contribution < -0.4 is 16.0 Å². The number of aromatic nitrogens is 2. The first-order valence-electron chi connectivity index (χ1n) is 13.5. The second-order valence-electron chi connectivity index (χ2n) is 9.87. The number of pyridine rings is 1. The van der Waals surface area contributed by atoms with E-state index in [1.165, 1.54) is 48.0 Å². The first kappa shape index (κ1) is 30.9. The van der Waals surface area contributed by atoms with Gasteiger partial charge in [0.05, 0.1) is 30.5 Å². The molecule has 0 saturated carbocycles. The van der Waals surface area contributed by atoms with Crippen molar-refractivity contribution in [3.05, 3.63) is 107 Å². The van der Waals surface area contributed by atoms with Crippen LogP contribution in [0.5, 0.6) is 0 Å². The van der Waals surface area contributed by atoms with Crippen molar-refractivity contribution in [2.75, 3.05) is 17.2 Å². The standard InChI is InChI=1S/C31H33F2N5O3S/c1-3-31(32,33)24-7-4-6-22(16-24)26(8-5-13-34-18-28-35-14-15-41-28)30(40)37-25-11-12-27(36-17-25)38-29(39)23-10-9-21(2)19-42-20-23/h3-4,6-7,11-12,14-17,19-20,26,34H,1,5,8-10,13,18H2,2H3,(H,37,40)(H,36,38,39).